The van der Waals surface area contributed by atoms with Crippen LogP contribution in [0.1, 0.15) is 47.6 Å². The van der Waals surface area contributed by atoms with Crippen LogP contribution in [0.4, 0.5) is 0 Å². The predicted octanol–water partition coefficient (Wildman–Crippen LogP) is 4.53. The molecule has 0 amide bonds. The number of rotatable bonds is 12. The van der Waals surface area contributed by atoms with Crippen molar-refractivity contribution in [2.75, 3.05) is 27.4 Å². The summed E-state index contributed by atoms with van der Waals surface area (Å²) in [6, 6.07) is 11.7. The number of benzene rings is 2. The van der Waals surface area contributed by atoms with Gasteiger partial charge in [-0.3, -0.25) is 4.79 Å². The number of aliphatic carboxylic acids is 1. The Morgan fingerprint density at radius 1 is 1.14 bits per heavy atom. The summed E-state index contributed by atoms with van der Waals surface area (Å²) in [7, 11) is 3.22. The number of aromatic nitrogens is 2. The summed E-state index contributed by atoms with van der Waals surface area (Å²) in [4.78, 5) is 20.3. The number of nitrogens with zero attached hydrogens (tertiary/aromatic N) is 2. The lowest BCUT2D eigenvalue weighted by Crippen LogP contribution is -2.19. The Labute approximate surface area is 211 Å². The van der Waals surface area contributed by atoms with E-state index in [1.807, 2.05) is 43.5 Å². The Bertz CT molecular complexity index is 1210. The first-order chi connectivity index (χ1) is 17.5. The molecule has 190 valence electrons. The average molecular weight is 492 g/mol. The van der Waals surface area contributed by atoms with Gasteiger partial charge in [-0.15, -0.1) is 0 Å². The SMILES string of the molecule is COc1ccc(-c2ncc(C)c(CNCCCOc3ccc4c(c3)CC[C@H]4CC(=O)O)n2)cc1OC. The lowest BCUT2D eigenvalue weighted by Gasteiger charge is -2.12. The third-order valence-electron chi connectivity index (χ3n) is 6.51. The Kier molecular flexibility index (Phi) is 8.38. The molecule has 0 fully saturated rings. The molecule has 1 heterocycles. The van der Waals surface area contributed by atoms with Crippen molar-refractivity contribution in [1.29, 1.82) is 0 Å². The van der Waals surface area contributed by atoms with E-state index in [1.54, 1.807) is 14.2 Å². The van der Waals surface area contributed by atoms with E-state index < -0.39 is 5.97 Å². The molecule has 0 bridgehead atoms. The molecule has 8 nitrogen and oxygen atoms in total. The van der Waals surface area contributed by atoms with Gasteiger partial charge in [0.25, 0.3) is 0 Å². The smallest absolute Gasteiger partial charge is 0.303 e. The molecule has 0 unspecified atom stereocenters. The number of ether oxygens (including phenoxy) is 3. The Balaban J connectivity index is 1.25. The van der Waals surface area contributed by atoms with Gasteiger partial charge in [-0.2, -0.15) is 0 Å². The van der Waals surface area contributed by atoms with Gasteiger partial charge < -0.3 is 24.6 Å². The molecule has 8 heteroatoms. The van der Waals surface area contributed by atoms with E-state index in [0.29, 0.717) is 30.5 Å². The van der Waals surface area contributed by atoms with Gasteiger partial charge in [-0.25, -0.2) is 9.97 Å². The summed E-state index contributed by atoms with van der Waals surface area (Å²) in [5.41, 5.74) is 5.21. The van der Waals surface area contributed by atoms with Crippen molar-refractivity contribution in [3.63, 3.8) is 0 Å². The van der Waals surface area contributed by atoms with Crippen LogP contribution in [-0.2, 0) is 17.8 Å². The fourth-order valence-corrected chi connectivity index (χ4v) is 4.56. The highest BCUT2D eigenvalue weighted by atomic mass is 16.5. The minimum absolute atomic E-state index is 0.119. The van der Waals surface area contributed by atoms with Gasteiger partial charge >= 0.3 is 5.97 Å². The second-order valence-corrected chi connectivity index (χ2v) is 8.97. The largest absolute Gasteiger partial charge is 0.494 e. The maximum absolute atomic E-state index is 11.0. The Hall–Kier alpha value is -3.65. The maximum atomic E-state index is 11.0. The molecule has 0 spiro atoms. The molecule has 1 aliphatic carbocycles. The second-order valence-electron chi connectivity index (χ2n) is 8.97. The zero-order chi connectivity index (χ0) is 25.5. The highest BCUT2D eigenvalue weighted by molar-refractivity contribution is 5.68. The first-order valence-corrected chi connectivity index (χ1v) is 12.2. The number of methoxy groups -OCH3 is 2. The molecule has 0 saturated carbocycles. The number of aryl methyl sites for hydroxylation is 2. The van der Waals surface area contributed by atoms with E-state index in [9.17, 15) is 4.79 Å². The molecule has 0 radical (unpaired) electrons. The molecule has 0 aliphatic heterocycles. The van der Waals surface area contributed by atoms with Crippen LogP contribution in [0.25, 0.3) is 11.4 Å². The molecule has 1 aliphatic rings. The van der Waals surface area contributed by atoms with Crippen molar-refractivity contribution < 1.29 is 24.1 Å². The van der Waals surface area contributed by atoms with Crippen LogP contribution in [0, 0.1) is 6.92 Å². The van der Waals surface area contributed by atoms with E-state index >= 15 is 0 Å². The Morgan fingerprint density at radius 2 is 1.97 bits per heavy atom. The normalized spacial score (nSPS) is 14.4. The quantitative estimate of drug-likeness (QED) is 0.356. The third-order valence-corrected chi connectivity index (χ3v) is 6.51. The number of hydrogen-bond acceptors (Lipinski definition) is 7. The van der Waals surface area contributed by atoms with Gasteiger partial charge in [0.05, 0.1) is 32.9 Å². The summed E-state index contributed by atoms with van der Waals surface area (Å²) in [5.74, 6) is 2.17. The van der Waals surface area contributed by atoms with Crippen LogP contribution in [0.15, 0.2) is 42.6 Å². The highest BCUT2D eigenvalue weighted by Crippen LogP contribution is 2.37. The van der Waals surface area contributed by atoms with Crippen molar-refractivity contribution in [3.8, 4) is 28.6 Å². The maximum Gasteiger partial charge on any atom is 0.303 e. The van der Waals surface area contributed by atoms with E-state index in [1.165, 1.54) is 5.56 Å². The summed E-state index contributed by atoms with van der Waals surface area (Å²) >= 11 is 0. The molecular formula is C28H33N3O5. The topological polar surface area (TPSA) is 103 Å². The van der Waals surface area contributed by atoms with Gasteiger partial charge in [-0.1, -0.05) is 6.07 Å². The average Bonchev–Trinajstić information content (AvgIpc) is 3.27. The number of carboxylic acids is 1. The highest BCUT2D eigenvalue weighted by Gasteiger charge is 2.24. The molecular weight excluding hydrogens is 458 g/mol. The molecule has 2 N–H and O–H groups in total. The number of carboxylic acid groups (broad SMARTS) is 1. The van der Waals surface area contributed by atoms with Crippen LogP contribution in [0.5, 0.6) is 17.2 Å². The van der Waals surface area contributed by atoms with Gasteiger partial charge in [0, 0.05) is 18.3 Å². The van der Waals surface area contributed by atoms with E-state index in [2.05, 4.69) is 16.4 Å². The van der Waals surface area contributed by atoms with Crippen LogP contribution in [0.3, 0.4) is 0 Å². The van der Waals surface area contributed by atoms with Gasteiger partial charge in [0.15, 0.2) is 17.3 Å². The standard InChI is InChI=1S/C28H33N3O5/c1-18-16-30-28(21-7-10-25(34-2)26(14-21)35-3)31-24(18)17-29-11-4-12-36-22-8-9-23-19(13-22)5-6-20(23)15-27(32)33/h7-10,13-14,16,20,29H,4-6,11-12,15,17H2,1-3H3,(H,32,33)/t20-/m0/s1. The van der Waals surface area contributed by atoms with Gasteiger partial charge in [0.2, 0.25) is 0 Å². The molecule has 3 aromatic rings. The van der Waals surface area contributed by atoms with Gasteiger partial charge in [-0.05, 0) is 85.7 Å². The molecule has 1 aromatic heterocycles. The summed E-state index contributed by atoms with van der Waals surface area (Å²) in [6.07, 6.45) is 4.70. The van der Waals surface area contributed by atoms with Crippen molar-refractivity contribution >= 4 is 5.97 Å². The number of hydrogen-bond donors (Lipinski definition) is 2. The van der Waals surface area contributed by atoms with Crippen molar-refractivity contribution in [1.82, 2.24) is 15.3 Å². The van der Waals surface area contributed by atoms with Crippen LogP contribution >= 0.6 is 0 Å². The summed E-state index contributed by atoms with van der Waals surface area (Å²) in [5, 5.41) is 12.5. The minimum atomic E-state index is -0.741. The van der Waals surface area contributed by atoms with E-state index in [-0.39, 0.29) is 12.3 Å². The summed E-state index contributed by atoms with van der Waals surface area (Å²) < 4.78 is 16.7. The van der Waals surface area contributed by atoms with E-state index in [0.717, 1.165) is 53.9 Å². The third kappa shape index (κ3) is 6.12. The molecule has 4 rings (SSSR count). The zero-order valence-corrected chi connectivity index (χ0v) is 21.0. The number of fused-ring (bicyclic) bond motifs is 1. The van der Waals surface area contributed by atoms with Crippen LogP contribution < -0.4 is 19.5 Å². The van der Waals surface area contributed by atoms with Crippen LogP contribution in [-0.4, -0.2) is 48.4 Å². The molecule has 2 aromatic carbocycles. The summed E-state index contributed by atoms with van der Waals surface area (Å²) in [6.45, 7) is 4.04. The molecule has 36 heavy (non-hydrogen) atoms. The predicted molar refractivity (Wildman–Crippen MR) is 137 cm³/mol. The van der Waals surface area contributed by atoms with E-state index in [4.69, 9.17) is 24.3 Å². The zero-order valence-electron chi connectivity index (χ0n) is 21.0. The second kappa shape index (κ2) is 11.9. The fraction of sp³-hybridized carbons (Fsp3) is 0.393. The van der Waals surface area contributed by atoms with Crippen molar-refractivity contribution in [3.05, 3.63) is 65.0 Å². The Morgan fingerprint density at radius 3 is 2.75 bits per heavy atom. The number of nitrogens with one attached hydrogen (secondary N) is 1. The fourth-order valence-electron chi connectivity index (χ4n) is 4.56. The first-order valence-electron chi connectivity index (χ1n) is 12.2. The number of carbonyl (C=O) groups is 1. The minimum Gasteiger partial charge on any atom is -0.494 e. The van der Waals surface area contributed by atoms with Crippen molar-refractivity contribution in [2.45, 2.75) is 45.1 Å². The van der Waals surface area contributed by atoms with Crippen LogP contribution in [0.2, 0.25) is 0 Å². The molecule has 0 saturated heterocycles. The van der Waals surface area contributed by atoms with Crippen molar-refractivity contribution in [2.24, 2.45) is 0 Å². The monoisotopic (exact) mass is 491 g/mol. The lowest BCUT2D eigenvalue weighted by atomic mass is 9.98. The first kappa shape index (κ1) is 25.4. The molecule has 1 atom stereocenters. The lowest BCUT2D eigenvalue weighted by molar-refractivity contribution is -0.137. The van der Waals surface area contributed by atoms with Gasteiger partial charge in [0.1, 0.15) is 5.75 Å².